The van der Waals surface area contributed by atoms with Gasteiger partial charge in [-0.25, -0.2) is 0 Å². The van der Waals surface area contributed by atoms with Crippen LogP contribution in [-0.2, 0) is 10.8 Å². The summed E-state index contributed by atoms with van der Waals surface area (Å²) in [6.07, 6.45) is 2.32. The monoisotopic (exact) mass is 294 g/mol. The largest absolute Gasteiger partial charge is 0.0646 e. The SMILES string of the molecule is CCC(C)(C)c1ccc(-c2ccc(C(C)(C)CC)cc2)cc1. The van der Waals surface area contributed by atoms with Gasteiger partial charge in [0.1, 0.15) is 0 Å². The highest BCUT2D eigenvalue weighted by atomic mass is 14.2. The molecule has 0 aliphatic heterocycles. The fourth-order valence-corrected chi connectivity index (χ4v) is 2.64. The van der Waals surface area contributed by atoms with Crippen molar-refractivity contribution in [1.82, 2.24) is 0 Å². The van der Waals surface area contributed by atoms with Gasteiger partial charge in [0.25, 0.3) is 0 Å². The maximum Gasteiger partial charge on any atom is -0.0106 e. The van der Waals surface area contributed by atoms with E-state index in [1.54, 1.807) is 0 Å². The third kappa shape index (κ3) is 3.43. The van der Waals surface area contributed by atoms with Crippen LogP contribution in [0, 0.1) is 0 Å². The lowest BCUT2D eigenvalue weighted by molar-refractivity contribution is 0.506. The Labute approximate surface area is 136 Å². The summed E-state index contributed by atoms with van der Waals surface area (Å²) in [6, 6.07) is 18.1. The molecule has 0 saturated carbocycles. The average molecular weight is 294 g/mol. The lowest BCUT2D eigenvalue weighted by Crippen LogP contribution is -2.15. The van der Waals surface area contributed by atoms with Gasteiger partial charge in [0, 0.05) is 0 Å². The Hall–Kier alpha value is -1.56. The molecule has 0 heteroatoms. The van der Waals surface area contributed by atoms with Gasteiger partial charge in [0.2, 0.25) is 0 Å². The van der Waals surface area contributed by atoms with E-state index in [4.69, 9.17) is 0 Å². The van der Waals surface area contributed by atoms with Crippen LogP contribution in [0.15, 0.2) is 48.5 Å². The van der Waals surface area contributed by atoms with Crippen LogP contribution in [0.5, 0.6) is 0 Å². The highest BCUT2D eigenvalue weighted by Gasteiger charge is 2.19. The molecule has 0 bridgehead atoms. The summed E-state index contributed by atoms with van der Waals surface area (Å²) in [5.41, 5.74) is 5.96. The van der Waals surface area contributed by atoms with Crippen molar-refractivity contribution in [2.45, 2.75) is 65.2 Å². The first-order chi connectivity index (χ1) is 10.3. The van der Waals surface area contributed by atoms with Crippen molar-refractivity contribution in [3.8, 4) is 11.1 Å². The quantitative estimate of drug-likeness (QED) is 0.573. The minimum absolute atomic E-state index is 0.257. The van der Waals surface area contributed by atoms with E-state index >= 15 is 0 Å². The maximum absolute atomic E-state index is 2.31. The Balaban J connectivity index is 2.26. The third-order valence-electron chi connectivity index (χ3n) is 5.43. The van der Waals surface area contributed by atoms with E-state index in [-0.39, 0.29) is 10.8 Å². The second kappa shape index (κ2) is 6.28. The zero-order chi connectivity index (χ0) is 16.4. The Morgan fingerprint density at radius 2 is 0.818 bits per heavy atom. The molecule has 2 rings (SSSR count). The summed E-state index contributed by atoms with van der Waals surface area (Å²) >= 11 is 0. The van der Waals surface area contributed by atoms with Crippen LogP contribution in [0.4, 0.5) is 0 Å². The lowest BCUT2D eigenvalue weighted by atomic mass is 9.81. The molecule has 22 heavy (non-hydrogen) atoms. The Morgan fingerprint density at radius 3 is 1.05 bits per heavy atom. The molecule has 0 fully saturated rings. The molecule has 0 nitrogen and oxygen atoms in total. The molecule has 0 amide bonds. The van der Waals surface area contributed by atoms with E-state index in [0.29, 0.717) is 0 Å². The Morgan fingerprint density at radius 1 is 0.545 bits per heavy atom. The van der Waals surface area contributed by atoms with E-state index in [1.165, 1.54) is 22.3 Å². The van der Waals surface area contributed by atoms with E-state index in [0.717, 1.165) is 12.8 Å². The van der Waals surface area contributed by atoms with Crippen molar-refractivity contribution in [1.29, 1.82) is 0 Å². The Kier molecular flexibility index (Phi) is 4.80. The van der Waals surface area contributed by atoms with Crippen molar-refractivity contribution in [2.24, 2.45) is 0 Å². The van der Waals surface area contributed by atoms with Crippen molar-refractivity contribution < 1.29 is 0 Å². The van der Waals surface area contributed by atoms with Crippen LogP contribution in [0.1, 0.15) is 65.5 Å². The molecule has 0 heterocycles. The van der Waals surface area contributed by atoms with Gasteiger partial charge in [-0.2, -0.15) is 0 Å². The molecule has 0 atom stereocenters. The lowest BCUT2D eigenvalue weighted by Gasteiger charge is -2.24. The summed E-state index contributed by atoms with van der Waals surface area (Å²) in [5, 5.41) is 0. The van der Waals surface area contributed by atoms with Gasteiger partial charge in [-0.15, -0.1) is 0 Å². The molecular weight excluding hydrogens is 264 g/mol. The number of rotatable bonds is 5. The molecular formula is C22H30. The standard InChI is InChI=1S/C22H30/c1-7-21(3,4)19-13-9-17(10-14-19)18-11-15-20(16-12-18)22(5,6)8-2/h9-16H,7-8H2,1-6H3. The summed E-state index contributed by atoms with van der Waals surface area (Å²) in [6.45, 7) is 13.7. The third-order valence-corrected chi connectivity index (χ3v) is 5.43. The molecule has 0 unspecified atom stereocenters. The summed E-state index contributed by atoms with van der Waals surface area (Å²) in [7, 11) is 0. The van der Waals surface area contributed by atoms with Crippen molar-refractivity contribution in [3.63, 3.8) is 0 Å². The maximum atomic E-state index is 2.31. The van der Waals surface area contributed by atoms with Crippen molar-refractivity contribution in [3.05, 3.63) is 59.7 Å². The van der Waals surface area contributed by atoms with Crippen molar-refractivity contribution in [2.75, 3.05) is 0 Å². The normalized spacial score (nSPS) is 12.5. The van der Waals surface area contributed by atoms with E-state index in [1.807, 2.05) is 0 Å². The highest BCUT2D eigenvalue weighted by Crippen LogP contribution is 2.31. The molecule has 118 valence electrons. The van der Waals surface area contributed by atoms with Crippen LogP contribution in [0.3, 0.4) is 0 Å². The predicted molar refractivity (Wildman–Crippen MR) is 98.5 cm³/mol. The second-order valence-electron chi connectivity index (χ2n) is 7.63. The fourth-order valence-electron chi connectivity index (χ4n) is 2.64. The summed E-state index contributed by atoms with van der Waals surface area (Å²) in [4.78, 5) is 0. The molecule has 2 aromatic carbocycles. The molecule has 0 aliphatic rings. The van der Waals surface area contributed by atoms with Gasteiger partial charge in [0.05, 0.1) is 0 Å². The number of hydrogen-bond acceptors (Lipinski definition) is 0. The molecule has 0 radical (unpaired) electrons. The first-order valence-corrected chi connectivity index (χ1v) is 8.51. The smallest absolute Gasteiger partial charge is 0.0106 e. The first kappa shape index (κ1) is 16.8. The van der Waals surface area contributed by atoms with E-state index < -0.39 is 0 Å². The van der Waals surface area contributed by atoms with Crippen LogP contribution < -0.4 is 0 Å². The first-order valence-electron chi connectivity index (χ1n) is 8.51. The Bertz CT molecular complexity index is 540. The molecule has 0 saturated heterocycles. The highest BCUT2D eigenvalue weighted by molar-refractivity contribution is 5.64. The van der Waals surface area contributed by atoms with Crippen LogP contribution >= 0.6 is 0 Å². The minimum atomic E-state index is 0.257. The molecule has 0 aliphatic carbocycles. The molecule has 0 spiro atoms. The fraction of sp³-hybridized carbons (Fsp3) is 0.455. The van der Waals surface area contributed by atoms with Gasteiger partial charge in [-0.3, -0.25) is 0 Å². The van der Waals surface area contributed by atoms with Gasteiger partial charge in [-0.1, -0.05) is 90.1 Å². The number of benzene rings is 2. The topological polar surface area (TPSA) is 0 Å². The van der Waals surface area contributed by atoms with Crippen LogP contribution in [-0.4, -0.2) is 0 Å². The average Bonchev–Trinajstić information content (AvgIpc) is 2.55. The number of hydrogen-bond donors (Lipinski definition) is 0. The predicted octanol–water partition coefficient (Wildman–Crippen LogP) is 6.73. The van der Waals surface area contributed by atoms with Crippen molar-refractivity contribution >= 4 is 0 Å². The van der Waals surface area contributed by atoms with E-state index in [9.17, 15) is 0 Å². The van der Waals surface area contributed by atoms with Crippen LogP contribution in [0.25, 0.3) is 11.1 Å². The molecule has 2 aromatic rings. The summed E-state index contributed by atoms with van der Waals surface area (Å²) in [5.74, 6) is 0. The van der Waals surface area contributed by atoms with Gasteiger partial charge < -0.3 is 0 Å². The minimum Gasteiger partial charge on any atom is -0.0646 e. The second-order valence-corrected chi connectivity index (χ2v) is 7.63. The van der Waals surface area contributed by atoms with E-state index in [2.05, 4.69) is 90.1 Å². The zero-order valence-electron chi connectivity index (χ0n) is 15.0. The van der Waals surface area contributed by atoms with Gasteiger partial charge in [-0.05, 0) is 45.9 Å². The van der Waals surface area contributed by atoms with Gasteiger partial charge >= 0.3 is 0 Å². The van der Waals surface area contributed by atoms with Gasteiger partial charge in [0.15, 0.2) is 0 Å². The zero-order valence-corrected chi connectivity index (χ0v) is 15.0. The molecule has 0 aromatic heterocycles. The molecule has 0 N–H and O–H groups in total. The summed E-state index contributed by atoms with van der Waals surface area (Å²) < 4.78 is 0. The van der Waals surface area contributed by atoms with Crippen LogP contribution in [0.2, 0.25) is 0 Å².